The number of carbonyl (C=O) groups is 1. The van der Waals surface area contributed by atoms with Crippen LogP contribution in [0.1, 0.15) is 34.5 Å². The average molecular weight is 453 g/mol. The highest BCUT2D eigenvalue weighted by molar-refractivity contribution is 7.92. The van der Waals surface area contributed by atoms with E-state index in [4.69, 9.17) is 9.47 Å². The number of sulfonamides is 1. The summed E-state index contributed by atoms with van der Waals surface area (Å²) in [5, 5.41) is 2.95. The summed E-state index contributed by atoms with van der Waals surface area (Å²) >= 11 is 0. The Hall–Kier alpha value is -3.52. The van der Waals surface area contributed by atoms with Crippen molar-refractivity contribution in [1.82, 2.24) is 5.32 Å². The number of benzene rings is 3. The fraction of sp³-hybridized carbons (Fsp3) is 0.208. The Bertz CT molecular complexity index is 1240. The molecule has 0 fully saturated rings. The Labute approximate surface area is 187 Å². The van der Waals surface area contributed by atoms with E-state index in [1.807, 2.05) is 25.1 Å². The van der Waals surface area contributed by atoms with Crippen LogP contribution < -0.4 is 19.5 Å². The van der Waals surface area contributed by atoms with Gasteiger partial charge in [0, 0.05) is 5.56 Å². The molecule has 0 aliphatic carbocycles. The molecular weight excluding hydrogens is 428 g/mol. The largest absolute Gasteiger partial charge is 0.486 e. The number of rotatable bonds is 6. The predicted octanol–water partition coefficient (Wildman–Crippen LogP) is 4.06. The summed E-state index contributed by atoms with van der Waals surface area (Å²) in [6.45, 7) is 4.66. The van der Waals surface area contributed by atoms with Crippen LogP contribution >= 0.6 is 0 Å². The van der Waals surface area contributed by atoms with E-state index in [0.717, 1.165) is 5.56 Å². The molecule has 1 unspecified atom stereocenters. The second-order valence-corrected chi connectivity index (χ2v) is 9.23. The van der Waals surface area contributed by atoms with Gasteiger partial charge in [0.15, 0.2) is 11.5 Å². The molecule has 32 heavy (non-hydrogen) atoms. The average Bonchev–Trinajstić information content (AvgIpc) is 2.80. The number of hydrogen-bond acceptors (Lipinski definition) is 5. The number of fused-ring (bicyclic) bond motifs is 1. The molecule has 166 valence electrons. The molecule has 1 aliphatic heterocycles. The number of ether oxygens (including phenoxy) is 2. The van der Waals surface area contributed by atoms with E-state index in [1.54, 1.807) is 43.3 Å². The number of carbonyl (C=O) groups excluding carboxylic acids is 1. The van der Waals surface area contributed by atoms with Crippen LogP contribution in [0.25, 0.3) is 0 Å². The molecule has 1 atom stereocenters. The zero-order valence-electron chi connectivity index (χ0n) is 17.8. The maximum Gasteiger partial charge on any atom is 0.261 e. The van der Waals surface area contributed by atoms with Crippen molar-refractivity contribution in [3.8, 4) is 11.5 Å². The Balaban J connectivity index is 1.51. The van der Waals surface area contributed by atoms with Gasteiger partial charge in [0.05, 0.1) is 16.6 Å². The summed E-state index contributed by atoms with van der Waals surface area (Å²) in [4.78, 5) is 13.0. The monoisotopic (exact) mass is 452 g/mol. The molecular formula is C24H24N2O5S. The van der Waals surface area contributed by atoms with Crippen molar-refractivity contribution >= 4 is 21.6 Å². The molecule has 3 aromatic carbocycles. The Morgan fingerprint density at radius 1 is 0.938 bits per heavy atom. The van der Waals surface area contributed by atoms with E-state index in [0.29, 0.717) is 41.5 Å². The number of aryl methyl sites for hydroxylation is 1. The fourth-order valence-electron chi connectivity index (χ4n) is 3.37. The third-order valence-corrected chi connectivity index (χ3v) is 6.59. The zero-order valence-corrected chi connectivity index (χ0v) is 18.6. The molecule has 0 saturated heterocycles. The van der Waals surface area contributed by atoms with Crippen molar-refractivity contribution in [3.05, 3.63) is 83.4 Å². The van der Waals surface area contributed by atoms with E-state index >= 15 is 0 Å². The maximum absolute atomic E-state index is 12.9. The number of nitrogens with one attached hydrogen (secondary N) is 2. The van der Waals surface area contributed by atoms with E-state index in [1.165, 1.54) is 12.1 Å². The molecule has 7 nitrogen and oxygen atoms in total. The highest BCUT2D eigenvalue weighted by Crippen LogP contribution is 2.32. The van der Waals surface area contributed by atoms with Gasteiger partial charge in [-0.25, -0.2) is 8.42 Å². The van der Waals surface area contributed by atoms with Crippen molar-refractivity contribution in [2.24, 2.45) is 0 Å². The minimum Gasteiger partial charge on any atom is -0.486 e. The molecule has 8 heteroatoms. The van der Waals surface area contributed by atoms with Gasteiger partial charge >= 0.3 is 0 Å². The maximum atomic E-state index is 12.9. The summed E-state index contributed by atoms with van der Waals surface area (Å²) in [6, 6.07) is 18.3. The molecule has 0 saturated carbocycles. The molecule has 0 aromatic heterocycles. The van der Waals surface area contributed by atoms with Crippen molar-refractivity contribution in [2.45, 2.75) is 24.8 Å². The number of hydrogen-bond donors (Lipinski definition) is 2. The Morgan fingerprint density at radius 2 is 1.66 bits per heavy atom. The van der Waals surface area contributed by atoms with Gasteiger partial charge in [0.1, 0.15) is 13.2 Å². The molecule has 1 aliphatic rings. The van der Waals surface area contributed by atoms with Crippen molar-refractivity contribution in [1.29, 1.82) is 0 Å². The van der Waals surface area contributed by atoms with Crippen LogP contribution in [-0.4, -0.2) is 27.5 Å². The van der Waals surface area contributed by atoms with Crippen LogP contribution in [0.5, 0.6) is 11.5 Å². The van der Waals surface area contributed by atoms with Gasteiger partial charge in [-0.3, -0.25) is 9.52 Å². The van der Waals surface area contributed by atoms with Gasteiger partial charge in [-0.2, -0.15) is 0 Å². The zero-order chi connectivity index (χ0) is 22.7. The van der Waals surface area contributed by atoms with Crippen LogP contribution in [0.4, 0.5) is 5.69 Å². The fourth-order valence-corrected chi connectivity index (χ4v) is 4.51. The second kappa shape index (κ2) is 8.92. The lowest BCUT2D eigenvalue weighted by Gasteiger charge is -2.21. The first-order valence-corrected chi connectivity index (χ1v) is 11.7. The first kappa shape index (κ1) is 21.7. The summed E-state index contributed by atoms with van der Waals surface area (Å²) in [7, 11) is -3.76. The van der Waals surface area contributed by atoms with Gasteiger partial charge in [0.2, 0.25) is 0 Å². The first-order valence-electron chi connectivity index (χ1n) is 10.2. The molecule has 1 amide bonds. The van der Waals surface area contributed by atoms with E-state index in [2.05, 4.69) is 10.0 Å². The van der Waals surface area contributed by atoms with Gasteiger partial charge in [-0.15, -0.1) is 0 Å². The van der Waals surface area contributed by atoms with E-state index in [-0.39, 0.29) is 16.8 Å². The quantitative estimate of drug-likeness (QED) is 0.588. The van der Waals surface area contributed by atoms with Crippen LogP contribution in [-0.2, 0) is 10.0 Å². The lowest BCUT2D eigenvalue weighted by Crippen LogP contribution is -2.27. The van der Waals surface area contributed by atoms with Crippen molar-refractivity contribution in [2.75, 3.05) is 17.9 Å². The number of amides is 1. The van der Waals surface area contributed by atoms with Gasteiger partial charge in [0.25, 0.3) is 15.9 Å². The SMILES string of the molecule is Cc1ccc(C(=O)NC(C)c2ccc3c(c2)OCCO3)cc1NS(=O)(=O)c1ccccc1. The summed E-state index contributed by atoms with van der Waals surface area (Å²) < 4.78 is 39.1. The van der Waals surface area contributed by atoms with Crippen LogP contribution in [0.15, 0.2) is 71.6 Å². The summed E-state index contributed by atoms with van der Waals surface area (Å²) in [6.07, 6.45) is 0. The molecule has 0 spiro atoms. The van der Waals surface area contributed by atoms with Crippen LogP contribution in [0, 0.1) is 6.92 Å². The number of anilines is 1. The highest BCUT2D eigenvalue weighted by atomic mass is 32.2. The Kier molecular flexibility index (Phi) is 6.05. The molecule has 0 radical (unpaired) electrons. The summed E-state index contributed by atoms with van der Waals surface area (Å²) in [5.41, 5.74) is 2.29. The smallest absolute Gasteiger partial charge is 0.261 e. The van der Waals surface area contributed by atoms with Crippen LogP contribution in [0.2, 0.25) is 0 Å². The minimum absolute atomic E-state index is 0.154. The van der Waals surface area contributed by atoms with Gasteiger partial charge in [-0.1, -0.05) is 30.3 Å². The first-order chi connectivity index (χ1) is 15.3. The minimum atomic E-state index is -3.76. The molecule has 3 aromatic rings. The third-order valence-electron chi connectivity index (χ3n) is 5.21. The predicted molar refractivity (Wildman–Crippen MR) is 122 cm³/mol. The second-order valence-electron chi connectivity index (χ2n) is 7.55. The van der Waals surface area contributed by atoms with Gasteiger partial charge in [-0.05, 0) is 61.4 Å². The Morgan fingerprint density at radius 3 is 2.41 bits per heavy atom. The van der Waals surface area contributed by atoms with Gasteiger partial charge < -0.3 is 14.8 Å². The van der Waals surface area contributed by atoms with Crippen molar-refractivity contribution < 1.29 is 22.7 Å². The van der Waals surface area contributed by atoms with E-state index < -0.39 is 10.0 Å². The third kappa shape index (κ3) is 4.70. The topological polar surface area (TPSA) is 93.7 Å². The molecule has 4 rings (SSSR count). The lowest BCUT2D eigenvalue weighted by atomic mass is 10.1. The molecule has 0 bridgehead atoms. The standard InChI is InChI=1S/C24H24N2O5S/c1-16-8-9-19(14-21(16)26-32(28,29)20-6-4-3-5-7-20)24(27)25-17(2)18-10-11-22-23(15-18)31-13-12-30-22/h3-11,14-15,17,26H,12-13H2,1-2H3,(H,25,27). The molecule has 1 heterocycles. The van der Waals surface area contributed by atoms with E-state index in [9.17, 15) is 13.2 Å². The highest BCUT2D eigenvalue weighted by Gasteiger charge is 2.19. The van der Waals surface area contributed by atoms with Crippen LogP contribution in [0.3, 0.4) is 0 Å². The van der Waals surface area contributed by atoms with Crippen molar-refractivity contribution in [3.63, 3.8) is 0 Å². The molecule has 2 N–H and O–H groups in total. The summed E-state index contributed by atoms with van der Waals surface area (Å²) in [5.74, 6) is 1.03. The lowest BCUT2D eigenvalue weighted by molar-refractivity contribution is 0.0939. The normalized spacial score (nSPS) is 13.8.